The topological polar surface area (TPSA) is 57.3 Å². The number of hydrogen-bond donors (Lipinski definition) is 1. The van der Waals surface area contributed by atoms with Crippen LogP contribution >= 0.6 is 0 Å². The van der Waals surface area contributed by atoms with Crippen LogP contribution in [0.4, 0.5) is 0 Å². The molecule has 6 nitrogen and oxygen atoms in total. The van der Waals surface area contributed by atoms with Gasteiger partial charge in [-0.25, -0.2) is 4.68 Å². The standard InChI is InChI=1S/C24H29N5O/c1-4-10-20(11-5-1)22(21-12-6-2-7-13-21)29-23(25-26-27-29)24(14-8-3-9-15-24)28-16-18-30-19-17-28/h1-2,4-7,10-13,22H,3,8-9,14-19H2/p+1. The summed E-state index contributed by atoms with van der Waals surface area (Å²) in [4.78, 5) is 1.59. The zero-order valence-electron chi connectivity index (χ0n) is 17.4. The van der Waals surface area contributed by atoms with Crippen molar-refractivity contribution in [1.29, 1.82) is 0 Å². The zero-order chi connectivity index (χ0) is 20.2. The van der Waals surface area contributed by atoms with Gasteiger partial charge in [-0.1, -0.05) is 67.1 Å². The van der Waals surface area contributed by atoms with Crippen molar-refractivity contribution in [2.45, 2.75) is 43.7 Å². The van der Waals surface area contributed by atoms with Crippen molar-refractivity contribution in [2.75, 3.05) is 26.3 Å². The Labute approximate surface area is 177 Å². The SMILES string of the molecule is c1ccc(C(c2ccccc2)n2nnnc2C2([NH+]3CCOCC3)CCCCC2)cc1. The van der Waals surface area contributed by atoms with Crippen LogP contribution in [0, 0.1) is 0 Å². The van der Waals surface area contributed by atoms with Crippen molar-refractivity contribution < 1.29 is 9.64 Å². The minimum absolute atomic E-state index is 0.0309. The lowest BCUT2D eigenvalue weighted by atomic mass is 9.78. The molecule has 2 fully saturated rings. The summed E-state index contributed by atoms with van der Waals surface area (Å²) < 4.78 is 7.80. The molecule has 1 aromatic heterocycles. The lowest BCUT2D eigenvalue weighted by Gasteiger charge is -2.44. The van der Waals surface area contributed by atoms with Gasteiger partial charge in [0.05, 0.1) is 13.2 Å². The first-order chi connectivity index (χ1) is 14.9. The highest BCUT2D eigenvalue weighted by Crippen LogP contribution is 2.36. The smallest absolute Gasteiger partial charge is 0.213 e. The van der Waals surface area contributed by atoms with Gasteiger partial charge in [-0.2, -0.15) is 0 Å². The van der Waals surface area contributed by atoms with Crippen molar-refractivity contribution in [1.82, 2.24) is 20.2 Å². The number of hydrogen-bond acceptors (Lipinski definition) is 4. The van der Waals surface area contributed by atoms with Crippen LogP contribution in [0.25, 0.3) is 0 Å². The highest BCUT2D eigenvalue weighted by molar-refractivity contribution is 5.33. The highest BCUT2D eigenvalue weighted by atomic mass is 16.5. The predicted molar refractivity (Wildman–Crippen MR) is 114 cm³/mol. The Morgan fingerprint density at radius 2 is 1.43 bits per heavy atom. The van der Waals surface area contributed by atoms with Gasteiger partial charge < -0.3 is 9.64 Å². The second kappa shape index (κ2) is 8.66. The van der Waals surface area contributed by atoms with Crippen LogP contribution in [0.2, 0.25) is 0 Å². The highest BCUT2D eigenvalue weighted by Gasteiger charge is 2.49. The first-order valence-corrected chi connectivity index (χ1v) is 11.2. The maximum Gasteiger partial charge on any atom is 0.213 e. The molecule has 0 radical (unpaired) electrons. The van der Waals surface area contributed by atoms with Crippen LogP contribution in [0.3, 0.4) is 0 Å². The maximum absolute atomic E-state index is 5.69. The molecule has 1 aliphatic heterocycles. The summed E-state index contributed by atoms with van der Waals surface area (Å²) in [6, 6.07) is 21.2. The number of rotatable bonds is 5. The summed E-state index contributed by atoms with van der Waals surface area (Å²) in [6.45, 7) is 3.68. The molecule has 3 aromatic rings. The normalized spacial score (nSPS) is 19.8. The lowest BCUT2D eigenvalue weighted by molar-refractivity contribution is -0.970. The monoisotopic (exact) mass is 404 g/mol. The fourth-order valence-corrected chi connectivity index (χ4v) is 5.42. The Morgan fingerprint density at radius 3 is 2.03 bits per heavy atom. The molecule has 2 aliphatic rings. The third-order valence-corrected chi connectivity index (χ3v) is 6.88. The number of tetrazole rings is 1. The summed E-state index contributed by atoms with van der Waals surface area (Å²) >= 11 is 0. The summed E-state index contributed by atoms with van der Waals surface area (Å²) in [7, 11) is 0. The van der Waals surface area contributed by atoms with Crippen molar-refractivity contribution in [3.63, 3.8) is 0 Å². The van der Waals surface area contributed by atoms with E-state index in [1.165, 1.54) is 30.4 Å². The number of quaternary nitrogens is 1. The van der Waals surface area contributed by atoms with Gasteiger partial charge in [0.15, 0.2) is 5.54 Å². The molecular weight excluding hydrogens is 374 g/mol. The molecule has 0 atom stereocenters. The molecule has 1 aliphatic carbocycles. The molecule has 156 valence electrons. The van der Waals surface area contributed by atoms with Crippen LogP contribution in [0.5, 0.6) is 0 Å². The molecule has 1 saturated heterocycles. The van der Waals surface area contributed by atoms with Gasteiger partial charge in [-0.3, -0.25) is 0 Å². The Morgan fingerprint density at radius 1 is 0.833 bits per heavy atom. The first-order valence-electron chi connectivity index (χ1n) is 11.2. The number of benzene rings is 2. The largest absolute Gasteiger partial charge is 0.370 e. The summed E-state index contributed by atoms with van der Waals surface area (Å²) in [5.41, 5.74) is 2.38. The van der Waals surface area contributed by atoms with E-state index >= 15 is 0 Å². The van der Waals surface area contributed by atoms with Crippen molar-refractivity contribution in [2.24, 2.45) is 0 Å². The molecule has 2 heterocycles. The number of morpholine rings is 1. The van der Waals surface area contributed by atoms with Crippen LogP contribution < -0.4 is 4.90 Å². The second-order valence-corrected chi connectivity index (χ2v) is 8.53. The van der Waals surface area contributed by atoms with Crippen LogP contribution in [0.1, 0.15) is 55.1 Å². The molecule has 1 N–H and O–H groups in total. The average Bonchev–Trinajstić information content (AvgIpc) is 3.32. The van der Waals surface area contributed by atoms with Crippen molar-refractivity contribution in [3.8, 4) is 0 Å². The fraction of sp³-hybridized carbons (Fsp3) is 0.458. The summed E-state index contributed by atoms with van der Waals surface area (Å²) in [5, 5.41) is 13.5. The van der Waals surface area contributed by atoms with E-state index in [2.05, 4.69) is 75.8 Å². The van der Waals surface area contributed by atoms with Gasteiger partial charge in [0.2, 0.25) is 5.82 Å². The minimum Gasteiger partial charge on any atom is -0.370 e. The van der Waals surface area contributed by atoms with Crippen LogP contribution in [-0.4, -0.2) is 46.5 Å². The van der Waals surface area contributed by atoms with E-state index in [9.17, 15) is 0 Å². The quantitative estimate of drug-likeness (QED) is 0.709. The van der Waals surface area contributed by atoms with Gasteiger partial charge in [-0.05, 0) is 34.4 Å². The number of ether oxygens (including phenoxy) is 1. The van der Waals surface area contributed by atoms with Gasteiger partial charge in [0.1, 0.15) is 19.1 Å². The minimum atomic E-state index is -0.0344. The van der Waals surface area contributed by atoms with E-state index in [0.29, 0.717) is 0 Å². The third-order valence-electron chi connectivity index (χ3n) is 6.88. The first kappa shape index (κ1) is 19.4. The van der Waals surface area contributed by atoms with E-state index in [1.807, 2.05) is 0 Å². The average molecular weight is 405 g/mol. The Hall–Kier alpha value is -2.57. The lowest BCUT2D eigenvalue weighted by Crippen LogP contribution is -3.20. The van der Waals surface area contributed by atoms with Gasteiger partial charge in [-0.15, -0.1) is 5.10 Å². The Bertz CT molecular complexity index is 891. The van der Waals surface area contributed by atoms with Crippen LogP contribution in [0.15, 0.2) is 60.7 Å². The maximum atomic E-state index is 5.69. The Balaban J connectivity index is 1.63. The molecule has 2 aromatic carbocycles. The molecule has 1 saturated carbocycles. The molecular formula is C24H30N5O+. The zero-order valence-corrected chi connectivity index (χ0v) is 17.4. The van der Waals surface area contributed by atoms with E-state index in [4.69, 9.17) is 9.84 Å². The Kier molecular flexibility index (Phi) is 5.60. The molecule has 0 unspecified atom stereocenters. The third kappa shape index (κ3) is 3.55. The molecule has 6 heteroatoms. The number of nitrogens with zero attached hydrogens (tertiary/aromatic N) is 4. The second-order valence-electron chi connectivity index (χ2n) is 8.53. The van der Waals surface area contributed by atoms with Gasteiger partial charge in [0.25, 0.3) is 0 Å². The summed E-state index contributed by atoms with van der Waals surface area (Å²) in [5.74, 6) is 1.04. The summed E-state index contributed by atoms with van der Waals surface area (Å²) in [6.07, 6.45) is 6.04. The van der Waals surface area contributed by atoms with Gasteiger partial charge >= 0.3 is 0 Å². The number of aromatic nitrogens is 4. The molecule has 5 rings (SSSR count). The van der Waals surface area contributed by atoms with Crippen molar-refractivity contribution >= 4 is 0 Å². The van der Waals surface area contributed by atoms with E-state index in [-0.39, 0.29) is 11.6 Å². The van der Waals surface area contributed by atoms with Crippen molar-refractivity contribution in [3.05, 3.63) is 77.6 Å². The molecule has 0 amide bonds. The predicted octanol–water partition coefficient (Wildman–Crippen LogP) is 2.39. The molecule has 30 heavy (non-hydrogen) atoms. The molecule has 0 bridgehead atoms. The molecule has 0 spiro atoms. The van der Waals surface area contributed by atoms with E-state index < -0.39 is 0 Å². The van der Waals surface area contributed by atoms with E-state index in [1.54, 1.807) is 4.90 Å². The van der Waals surface area contributed by atoms with Crippen LogP contribution in [-0.2, 0) is 10.3 Å². The fourth-order valence-electron chi connectivity index (χ4n) is 5.42. The van der Waals surface area contributed by atoms with Gasteiger partial charge in [0, 0.05) is 12.8 Å². The number of nitrogens with one attached hydrogen (secondary N) is 1. The van der Waals surface area contributed by atoms with E-state index in [0.717, 1.165) is 45.0 Å².